The van der Waals surface area contributed by atoms with Crippen LogP contribution in [-0.4, -0.2) is 47.8 Å². The van der Waals surface area contributed by atoms with Crippen LogP contribution in [0.4, 0.5) is 4.79 Å². The number of H-pyrrole nitrogens is 1. The van der Waals surface area contributed by atoms with Gasteiger partial charge in [-0.2, -0.15) is 5.10 Å². The number of rotatable bonds is 5. The Balaban J connectivity index is 1.51. The lowest BCUT2D eigenvalue weighted by molar-refractivity contribution is 0.238. The number of amides is 2. The molecule has 1 aliphatic rings. The molecule has 1 saturated heterocycles. The highest BCUT2D eigenvalue weighted by molar-refractivity contribution is 5.73. The van der Waals surface area contributed by atoms with E-state index in [1.807, 2.05) is 13.0 Å². The molecule has 1 fully saturated rings. The van der Waals surface area contributed by atoms with Gasteiger partial charge in [-0.15, -0.1) is 0 Å². The van der Waals surface area contributed by atoms with Crippen molar-refractivity contribution >= 4 is 6.03 Å². The summed E-state index contributed by atoms with van der Waals surface area (Å²) in [6, 6.07) is 10.4. The summed E-state index contributed by atoms with van der Waals surface area (Å²) in [6.07, 6.45) is 1.74. The van der Waals surface area contributed by atoms with Gasteiger partial charge in [0.25, 0.3) is 0 Å². The van der Waals surface area contributed by atoms with Crippen molar-refractivity contribution in [3.8, 4) is 0 Å². The minimum absolute atomic E-state index is 0.128. The summed E-state index contributed by atoms with van der Waals surface area (Å²) in [5, 5.41) is 12.7. The van der Waals surface area contributed by atoms with Gasteiger partial charge in [0.15, 0.2) is 0 Å². The first-order valence-corrected chi connectivity index (χ1v) is 8.37. The Morgan fingerprint density at radius 1 is 1.29 bits per heavy atom. The normalized spacial score (nSPS) is 20.9. The number of likely N-dealkylation sites (tertiary alicyclic amines) is 1. The molecule has 2 aromatic rings. The number of benzene rings is 1. The minimum atomic E-state index is -0.128. The van der Waals surface area contributed by atoms with Gasteiger partial charge in [0.2, 0.25) is 0 Å². The van der Waals surface area contributed by atoms with E-state index in [0.717, 1.165) is 24.3 Å². The monoisotopic (exact) mass is 327 g/mol. The van der Waals surface area contributed by atoms with Gasteiger partial charge < -0.3 is 15.5 Å². The molecule has 128 valence electrons. The predicted molar refractivity (Wildman–Crippen MR) is 93.7 cm³/mol. The highest BCUT2D eigenvalue weighted by Gasteiger charge is 2.31. The van der Waals surface area contributed by atoms with E-state index in [9.17, 15) is 4.79 Å². The van der Waals surface area contributed by atoms with Crippen LogP contribution in [0.5, 0.6) is 0 Å². The van der Waals surface area contributed by atoms with Crippen molar-refractivity contribution in [2.24, 2.45) is 5.92 Å². The Labute approximate surface area is 142 Å². The van der Waals surface area contributed by atoms with Crippen LogP contribution in [0.2, 0.25) is 0 Å². The number of aryl methyl sites for hydroxylation is 1. The minimum Gasteiger partial charge on any atom is -0.338 e. The average Bonchev–Trinajstić information content (AvgIpc) is 3.17. The molecular formula is C18H25N5O. The number of carbonyl (C=O) groups excluding carboxylic acids is 1. The third-order valence-corrected chi connectivity index (χ3v) is 4.75. The number of aromatic nitrogens is 2. The third-order valence-electron chi connectivity index (χ3n) is 4.75. The van der Waals surface area contributed by atoms with Crippen LogP contribution >= 0.6 is 0 Å². The van der Waals surface area contributed by atoms with Gasteiger partial charge in [-0.3, -0.25) is 5.10 Å². The molecule has 1 aliphatic heterocycles. The number of aromatic amines is 1. The second-order valence-corrected chi connectivity index (χ2v) is 6.58. The van der Waals surface area contributed by atoms with Crippen LogP contribution in [0.1, 0.15) is 22.7 Å². The standard InChI is InChI=1S/C18H25N5O/c1-13-15(10-21-22-13)8-19-18(24)20-9-16-11-23(2)12-17(16)14-6-4-3-5-7-14/h3-7,10,16-17H,8-9,11-12H2,1-2H3,(H,21,22)(H2,19,20,24)/t16-,17+/m1/s1. The zero-order chi connectivity index (χ0) is 16.9. The Kier molecular flexibility index (Phi) is 5.15. The maximum absolute atomic E-state index is 12.1. The van der Waals surface area contributed by atoms with Crippen molar-refractivity contribution in [1.82, 2.24) is 25.7 Å². The molecule has 1 aromatic carbocycles. The number of hydrogen-bond donors (Lipinski definition) is 3. The van der Waals surface area contributed by atoms with Crippen molar-refractivity contribution in [2.75, 3.05) is 26.7 Å². The molecule has 24 heavy (non-hydrogen) atoms. The molecule has 3 N–H and O–H groups in total. The maximum atomic E-state index is 12.1. The average molecular weight is 327 g/mol. The van der Waals surface area contributed by atoms with E-state index in [2.05, 4.69) is 57.0 Å². The Morgan fingerprint density at radius 2 is 2.08 bits per heavy atom. The Bertz CT molecular complexity index is 669. The van der Waals surface area contributed by atoms with E-state index in [1.165, 1.54) is 5.56 Å². The van der Waals surface area contributed by atoms with E-state index < -0.39 is 0 Å². The van der Waals surface area contributed by atoms with Crippen LogP contribution in [-0.2, 0) is 6.54 Å². The second kappa shape index (κ2) is 7.49. The summed E-state index contributed by atoms with van der Waals surface area (Å²) in [7, 11) is 2.14. The van der Waals surface area contributed by atoms with Crippen molar-refractivity contribution in [2.45, 2.75) is 19.4 Å². The molecule has 0 radical (unpaired) electrons. The van der Waals surface area contributed by atoms with Gasteiger partial charge in [0.05, 0.1) is 6.20 Å². The topological polar surface area (TPSA) is 73.0 Å². The highest BCUT2D eigenvalue weighted by atomic mass is 16.2. The second-order valence-electron chi connectivity index (χ2n) is 6.58. The largest absolute Gasteiger partial charge is 0.338 e. The number of nitrogens with one attached hydrogen (secondary N) is 3. The van der Waals surface area contributed by atoms with E-state index >= 15 is 0 Å². The summed E-state index contributed by atoms with van der Waals surface area (Å²) < 4.78 is 0. The number of likely N-dealkylation sites (N-methyl/N-ethyl adjacent to an activating group) is 1. The molecule has 2 atom stereocenters. The van der Waals surface area contributed by atoms with Gasteiger partial charge in [0, 0.05) is 43.4 Å². The number of hydrogen-bond acceptors (Lipinski definition) is 3. The third kappa shape index (κ3) is 3.94. The first-order chi connectivity index (χ1) is 11.6. The van der Waals surface area contributed by atoms with Gasteiger partial charge in [-0.25, -0.2) is 4.79 Å². The summed E-state index contributed by atoms with van der Waals surface area (Å²) in [4.78, 5) is 14.4. The molecule has 2 heterocycles. The molecule has 3 rings (SSSR count). The van der Waals surface area contributed by atoms with Crippen LogP contribution in [0.15, 0.2) is 36.5 Å². The number of nitrogens with zero attached hydrogens (tertiary/aromatic N) is 2. The molecule has 1 aromatic heterocycles. The van der Waals surface area contributed by atoms with Crippen molar-refractivity contribution in [3.05, 3.63) is 53.3 Å². The van der Waals surface area contributed by atoms with Crippen LogP contribution in [0, 0.1) is 12.8 Å². The number of urea groups is 1. The van der Waals surface area contributed by atoms with Crippen LogP contribution in [0.25, 0.3) is 0 Å². The molecule has 0 spiro atoms. The fourth-order valence-electron chi connectivity index (χ4n) is 3.39. The summed E-state index contributed by atoms with van der Waals surface area (Å²) >= 11 is 0. The van der Waals surface area contributed by atoms with Crippen LogP contribution in [0.3, 0.4) is 0 Å². The summed E-state index contributed by atoms with van der Waals surface area (Å²) in [5.74, 6) is 0.895. The predicted octanol–water partition coefficient (Wildman–Crippen LogP) is 1.86. The lowest BCUT2D eigenvalue weighted by atomic mass is 9.89. The Morgan fingerprint density at radius 3 is 2.79 bits per heavy atom. The van der Waals surface area contributed by atoms with Crippen LogP contribution < -0.4 is 10.6 Å². The molecule has 0 aliphatic carbocycles. The van der Waals surface area contributed by atoms with E-state index in [0.29, 0.717) is 24.9 Å². The first-order valence-electron chi connectivity index (χ1n) is 8.37. The van der Waals surface area contributed by atoms with Crippen molar-refractivity contribution in [3.63, 3.8) is 0 Å². The lowest BCUT2D eigenvalue weighted by Gasteiger charge is -2.19. The SMILES string of the molecule is Cc1[nH]ncc1CNC(=O)NC[C@@H]1CN(C)C[C@H]1c1ccccc1. The fourth-order valence-corrected chi connectivity index (χ4v) is 3.39. The fraction of sp³-hybridized carbons (Fsp3) is 0.444. The zero-order valence-electron chi connectivity index (χ0n) is 14.2. The molecule has 0 unspecified atom stereocenters. The summed E-state index contributed by atoms with van der Waals surface area (Å²) in [6.45, 7) is 5.15. The quantitative estimate of drug-likeness (QED) is 0.785. The summed E-state index contributed by atoms with van der Waals surface area (Å²) in [5.41, 5.74) is 3.34. The molecule has 0 bridgehead atoms. The smallest absolute Gasteiger partial charge is 0.315 e. The zero-order valence-corrected chi connectivity index (χ0v) is 14.2. The van der Waals surface area contributed by atoms with E-state index in [1.54, 1.807) is 6.20 Å². The molecule has 6 heteroatoms. The Hall–Kier alpha value is -2.34. The molecule has 2 amide bonds. The van der Waals surface area contributed by atoms with Gasteiger partial charge in [-0.05, 0) is 25.5 Å². The highest BCUT2D eigenvalue weighted by Crippen LogP contribution is 2.31. The van der Waals surface area contributed by atoms with Crippen molar-refractivity contribution in [1.29, 1.82) is 0 Å². The maximum Gasteiger partial charge on any atom is 0.315 e. The molecular weight excluding hydrogens is 302 g/mol. The molecule has 0 saturated carbocycles. The molecule has 6 nitrogen and oxygen atoms in total. The lowest BCUT2D eigenvalue weighted by Crippen LogP contribution is -2.39. The van der Waals surface area contributed by atoms with Gasteiger partial charge in [-0.1, -0.05) is 30.3 Å². The van der Waals surface area contributed by atoms with Gasteiger partial charge in [0.1, 0.15) is 0 Å². The first kappa shape index (κ1) is 16.5. The van der Waals surface area contributed by atoms with E-state index in [-0.39, 0.29) is 6.03 Å². The van der Waals surface area contributed by atoms with Crippen molar-refractivity contribution < 1.29 is 4.79 Å². The van der Waals surface area contributed by atoms with Gasteiger partial charge >= 0.3 is 6.03 Å². The number of carbonyl (C=O) groups is 1. The van der Waals surface area contributed by atoms with E-state index in [4.69, 9.17) is 0 Å².